The highest BCUT2D eigenvalue weighted by Crippen LogP contribution is 2.10. The predicted octanol–water partition coefficient (Wildman–Crippen LogP) is 3.07. The number of aryl methyl sites for hydroxylation is 1. The Balaban J connectivity index is 2.10. The van der Waals surface area contributed by atoms with Crippen LogP contribution >= 0.6 is 0 Å². The van der Waals surface area contributed by atoms with Crippen LogP contribution in [-0.2, 0) is 6.42 Å². The first-order valence-electron chi connectivity index (χ1n) is 7.98. The van der Waals surface area contributed by atoms with E-state index in [-0.39, 0.29) is 0 Å². The maximum Gasteiger partial charge on any atom is 0.190 e. The van der Waals surface area contributed by atoms with Crippen molar-refractivity contribution in [2.75, 3.05) is 20.1 Å². The Morgan fingerprint density at radius 2 is 1.67 bits per heavy atom. The van der Waals surface area contributed by atoms with Gasteiger partial charge in [-0.15, -0.1) is 0 Å². The van der Waals surface area contributed by atoms with Gasteiger partial charge in [0.15, 0.2) is 5.96 Å². The monoisotopic (exact) mass is 291 g/mol. The summed E-state index contributed by atoms with van der Waals surface area (Å²) < 4.78 is 0. The van der Waals surface area contributed by atoms with Crippen LogP contribution in [0.3, 0.4) is 0 Å². The molecule has 0 radical (unpaired) electrons. The molecule has 0 fully saturated rings. The normalized spacial score (nSPS) is 11.4. The molecule has 4 nitrogen and oxygen atoms in total. The number of nitrogens with one attached hydrogen (secondary N) is 2. The second kappa shape index (κ2) is 11.0. The summed E-state index contributed by atoms with van der Waals surface area (Å²) in [6.07, 6.45) is 7.09. The minimum absolute atomic E-state index is 0.324. The molecular formula is C17H29N3O. The molecule has 1 aromatic rings. The van der Waals surface area contributed by atoms with Crippen molar-refractivity contribution in [1.29, 1.82) is 0 Å². The molecule has 0 amide bonds. The molecule has 4 heteroatoms. The van der Waals surface area contributed by atoms with Gasteiger partial charge in [-0.25, -0.2) is 0 Å². The van der Waals surface area contributed by atoms with Crippen LogP contribution < -0.4 is 10.6 Å². The van der Waals surface area contributed by atoms with Crippen LogP contribution in [0.5, 0.6) is 5.75 Å². The molecule has 118 valence electrons. The zero-order valence-corrected chi connectivity index (χ0v) is 13.4. The first kappa shape index (κ1) is 17.3. The average molecular weight is 291 g/mol. The molecule has 3 N–H and O–H groups in total. The number of guanidine groups is 1. The molecular weight excluding hydrogens is 262 g/mol. The first-order chi connectivity index (χ1) is 10.3. The predicted molar refractivity (Wildman–Crippen MR) is 89.9 cm³/mol. The molecule has 0 saturated heterocycles. The summed E-state index contributed by atoms with van der Waals surface area (Å²) in [4.78, 5) is 4.22. The lowest BCUT2D eigenvalue weighted by Gasteiger charge is -2.11. The largest absolute Gasteiger partial charge is 0.508 e. The summed E-state index contributed by atoms with van der Waals surface area (Å²) in [5, 5.41) is 15.9. The lowest BCUT2D eigenvalue weighted by Crippen LogP contribution is -2.38. The third-order valence-electron chi connectivity index (χ3n) is 3.42. The second-order valence-electron chi connectivity index (χ2n) is 5.26. The van der Waals surface area contributed by atoms with Crippen LogP contribution in [0.25, 0.3) is 0 Å². The highest BCUT2D eigenvalue weighted by molar-refractivity contribution is 5.79. The van der Waals surface area contributed by atoms with Crippen molar-refractivity contribution in [3.63, 3.8) is 0 Å². The molecule has 0 aromatic heterocycles. The van der Waals surface area contributed by atoms with Gasteiger partial charge in [0.2, 0.25) is 0 Å². The molecule has 0 heterocycles. The SMILES string of the molecule is CCCCCCNC(=NC)NCCCc1ccc(O)cc1. The van der Waals surface area contributed by atoms with Crippen molar-refractivity contribution in [3.8, 4) is 5.75 Å². The van der Waals surface area contributed by atoms with E-state index in [9.17, 15) is 5.11 Å². The van der Waals surface area contributed by atoms with Crippen molar-refractivity contribution in [1.82, 2.24) is 10.6 Å². The molecule has 0 atom stereocenters. The lowest BCUT2D eigenvalue weighted by atomic mass is 10.1. The molecule has 0 unspecified atom stereocenters. The Morgan fingerprint density at radius 1 is 1.00 bits per heavy atom. The van der Waals surface area contributed by atoms with Gasteiger partial charge in [0.1, 0.15) is 5.75 Å². The number of unbranched alkanes of at least 4 members (excludes halogenated alkanes) is 3. The number of nitrogens with zero attached hydrogens (tertiary/aromatic N) is 1. The number of aromatic hydroxyl groups is 1. The summed E-state index contributed by atoms with van der Waals surface area (Å²) in [6.45, 7) is 4.11. The van der Waals surface area contributed by atoms with E-state index in [0.29, 0.717) is 5.75 Å². The smallest absolute Gasteiger partial charge is 0.190 e. The quantitative estimate of drug-likeness (QED) is 0.372. The van der Waals surface area contributed by atoms with Crippen molar-refractivity contribution in [2.45, 2.75) is 45.4 Å². The van der Waals surface area contributed by atoms with E-state index in [4.69, 9.17) is 0 Å². The number of phenolic OH excluding ortho intramolecular Hbond substituents is 1. The lowest BCUT2D eigenvalue weighted by molar-refractivity contribution is 0.475. The van der Waals surface area contributed by atoms with E-state index in [1.807, 2.05) is 12.1 Å². The van der Waals surface area contributed by atoms with Crippen LogP contribution in [0.4, 0.5) is 0 Å². The fourth-order valence-corrected chi connectivity index (χ4v) is 2.14. The van der Waals surface area contributed by atoms with Crippen LogP contribution in [0.15, 0.2) is 29.3 Å². The summed E-state index contributed by atoms with van der Waals surface area (Å²) in [5.41, 5.74) is 1.25. The number of rotatable bonds is 9. The van der Waals surface area contributed by atoms with E-state index >= 15 is 0 Å². The second-order valence-corrected chi connectivity index (χ2v) is 5.26. The molecule has 1 aromatic carbocycles. The highest BCUT2D eigenvalue weighted by Gasteiger charge is 1.98. The number of phenols is 1. The summed E-state index contributed by atoms with van der Waals surface area (Å²) >= 11 is 0. The Morgan fingerprint density at radius 3 is 2.29 bits per heavy atom. The Kier molecular flexibility index (Phi) is 9.09. The molecule has 21 heavy (non-hydrogen) atoms. The van der Waals surface area contributed by atoms with Gasteiger partial charge in [0, 0.05) is 20.1 Å². The zero-order chi connectivity index (χ0) is 15.3. The first-order valence-corrected chi connectivity index (χ1v) is 7.98. The molecule has 0 aliphatic carbocycles. The van der Waals surface area contributed by atoms with Gasteiger partial charge in [-0.3, -0.25) is 4.99 Å². The van der Waals surface area contributed by atoms with Crippen LogP contribution in [0.1, 0.15) is 44.6 Å². The maximum absolute atomic E-state index is 9.23. The molecule has 0 aliphatic rings. The highest BCUT2D eigenvalue weighted by atomic mass is 16.3. The molecule has 0 bridgehead atoms. The van der Waals surface area contributed by atoms with E-state index < -0.39 is 0 Å². The number of aliphatic imine (C=N–C) groups is 1. The van der Waals surface area contributed by atoms with Gasteiger partial charge in [-0.2, -0.15) is 0 Å². The van der Waals surface area contributed by atoms with Crippen molar-refractivity contribution >= 4 is 5.96 Å². The van der Waals surface area contributed by atoms with E-state index in [1.54, 1.807) is 19.2 Å². The third-order valence-corrected chi connectivity index (χ3v) is 3.42. The fraction of sp³-hybridized carbons (Fsp3) is 0.588. The van der Waals surface area contributed by atoms with E-state index in [1.165, 1.54) is 31.2 Å². The molecule has 0 saturated carbocycles. The van der Waals surface area contributed by atoms with Crippen molar-refractivity contribution < 1.29 is 5.11 Å². The maximum atomic E-state index is 9.23. The van der Waals surface area contributed by atoms with Gasteiger partial charge >= 0.3 is 0 Å². The van der Waals surface area contributed by atoms with Crippen LogP contribution in [0, 0.1) is 0 Å². The number of hydrogen-bond donors (Lipinski definition) is 3. The van der Waals surface area contributed by atoms with E-state index in [2.05, 4.69) is 22.5 Å². The van der Waals surface area contributed by atoms with E-state index in [0.717, 1.165) is 31.9 Å². The van der Waals surface area contributed by atoms with Crippen molar-refractivity contribution in [3.05, 3.63) is 29.8 Å². The third kappa shape index (κ3) is 8.23. The summed E-state index contributed by atoms with van der Waals surface area (Å²) in [7, 11) is 1.81. The van der Waals surface area contributed by atoms with Crippen molar-refractivity contribution in [2.24, 2.45) is 4.99 Å². The Bertz CT molecular complexity index is 401. The fourth-order valence-electron chi connectivity index (χ4n) is 2.14. The van der Waals surface area contributed by atoms with Gasteiger partial charge in [0.25, 0.3) is 0 Å². The minimum atomic E-state index is 0.324. The summed E-state index contributed by atoms with van der Waals surface area (Å²) in [6, 6.07) is 7.41. The molecule has 1 rings (SSSR count). The number of hydrogen-bond acceptors (Lipinski definition) is 2. The van der Waals surface area contributed by atoms with Gasteiger partial charge in [-0.1, -0.05) is 38.3 Å². The minimum Gasteiger partial charge on any atom is -0.508 e. The average Bonchev–Trinajstić information content (AvgIpc) is 2.51. The standard InChI is InChI=1S/C17H29N3O/c1-3-4-5-6-13-19-17(18-2)20-14-7-8-15-9-11-16(21)12-10-15/h9-12,21H,3-8,13-14H2,1-2H3,(H2,18,19,20). The van der Waals surface area contributed by atoms with Crippen LogP contribution in [0.2, 0.25) is 0 Å². The molecule has 0 spiro atoms. The summed E-state index contributed by atoms with van der Waals surface area (Å²) in [5.74, 6) is 1.21. The zero-order valence-electron chi connectivity index (χ0n) is 13.4. The van der Waals surface area contributed by atoms with Gasteiger partial charge < -0.3 is 15.7 Å². The topological polar surface area (TPSA) is 56.7 Å². The van der Waals surface area contributed by atoms with Gasteiger partial charge in [-0.05, 0) is 37.0 Å². The number of benzene rings is 1. The van der Waals surface area contributed by atoms with Gasteiger partial charge in [0.05, 0.1) is 0 Å². The Hall–Kier alpha value is -1.71. The van der Waals surface area contributed by atoms with Crippen LogP contribution in [-0.4, -0.2) is 31.2 Å². The molecule has 0 aliphatic heterocycles. The Labute approximate surface area is 128 Å².